The molecule has 0 amide bonds. The summed E-state index contributed by atoms with van der Waals surface area (Å²) < 4.78 is 13.2. The van der Waals surface area contributed by atoms with E-state index in [1.54, 1.807) is 18.5 Å². The van der Waals surface area contributed by atoms with Gasteiger partial charge in [-0.15, -0.1) is 0 Å². The Morgan fingerprint density at radius 3 is 3.12 bits per heavy atom. The Hall–Kier alpha value is -1.64. The minimum Gasteiger partial charge on any atom is -0.372 e. The van der Waals surface area contributed by atoms with Crippen molar-refractivity contribution in [1.29, 1.82) is 0 Å². The molecule has 1 aromatic rings. The third kappa shape index (κ3) is 2.23. The zero-order valence-electron chi connectivity index (χ0n) is 9.62. The lowest BCUT2D eigenvalue weighted by molar-refractivity contribution is 0.623. The number of rotatable bonds is 2. The van der Waals surface area contributed by atoms with Crippen molar-refractivity contribution in [2.75, 3.05) is 6.54 Å². The van der Waals surface area contributed by atoms with Gasteiger partial charge >= 0.3 is 0 Å². The molecular formula is C14H15FN2. The summed E-state index contributed by atoms with van der Waals surface area (Å²) in [4.78, 5) is 4.17. The first-order valence-electron chi connectivity index (χ1n) is 6.03. The fourth-order valence-electron chi connectivity index (χ4n) is 2.51. The van der Waals surface area contributed by atoms with Crippen molar-refractivity contribution in [2.45, 2.75) is 25.3 Å². The molecule has 0 fully saturated rings. The summed E-state index contributed by atoms with van der Waals surface area (Å²) in [6.07, 6.45) is 7.03. The van der Waals surface area contributed by atoms with Gasteiger partial charge in [0.05, 0.1) is 18.9 Å². The Morgan fingerprint density at radius 2 is 2.29 bits per heavy atom. The Labute approximate surface area is 100 Å². The van der Waals surface area contributed by atoms with E-state index in [0.717, 1.165) is 31.4 Å². The quantitative estimate of drug-likeness (QED) is 0.829. The Morgan fingerprint density at radius 1 is 1.35 bits per heavy atom. The van der Waals surface area contributed by atoms with Crippen LogP contribution in [0.2, 0.25) is 0 Å². The van der Waals surface area contributed by atoms with Crippen LogP contribution >= 0.6 is 0 Å². The number of hydrogen-bond acceptors (Lipinski definition) is 2. The predicted molar refractivity (Wildman–Crippen MR) is 67.6 cm³/mol. The maximum atomic E-state index is 13.2. The molecule has 88 valence electrons. The van der Waals surface area contributed by atoms with Crippen molar-refractivity contribution >= 4 is 12.4 Å². The van der Waals surface area contributed by atoms with Crippen LogP contribution in [0.25, 0.3) is 6.08 Å². The molecule has 1 aromatic carbocycles. The van der Waals surface area contributed by atoms with Crippen LogP contribution < -0.4 is 5.32 Å². The number of aliphatic imine (C=N–C) groups is 1. The zero-order chi connectivity index (χ0) is 11.7. The molecular weight excluding hydrogens is 215 g/mol. The van der Waals surface area contributed by atoms with Crippen LogP contribution in [-0.2, 0) is 6.42 Å². The van der Waals surface area contributed by atoms with Crippen LogP contribution in [0.1, 0.15) is 24.0 Å². The van der Waals surface area contributed by atoms with Gasteiger partial charge in [0.25, 0.3) is 0 Å². The summed E-state index contributed by atoms with van der Waals surface area (Å²) in [5.41, 5.74) is 3.70. The number of nitrogens with one attached hydrogen (secondary N) is 1. The Bertz CT molecular complexity index is 483. The Kier molecular flexibility index (Phi) is 2.67. The fourth-order valence-corrected chi connectivity index (χ4v) is 2.51. The van der Waals surface area contributed by atoms with Gasteiger partial charge < -0.3 is 5.32 Å². The average Bonchev–Trinajstić information content (AvgIpc) is 2.81. The highest BCUT2D eigenvalue weighted by Crippen LogP contribution is 2.27. The van der Waals surface area contributed by atoms with E-state index in [0.29, 0.717) is 6.04 Å². The van der Waals surface area contributed by atoms with Crippen molar-refractivity contribution < 1.29 is 4.39 Å². The van der Waals surface area contributed by atoms with Gasteiger partial charge in [-0.25, -0.2) is 4.39 Å². The van der Waals surface area contributed by atoms with E-state index in [-0.39, 0.29) is 5.82 Å². The van der Waals surface area contributed by atoms with E-state index in [2.05, 4.69) is 16.4 Å². The minimum atomic E-state index is -0.149. The van der Waals surface area contributed by atoms with Gasteiger partial charge in [-0.3, -0.25) is 4.99 Å². The number of fused-ring (bicyclic) bond motifs is 1. The molecule has 0 spiro atoms. The first kappa shape index (κ1) is 10.5. The third-order valence-electron chi connectivity index (χ3n) is 3.42. The van der Waals surface area contributed by atoms with Gasteiger partial charge in [0, 0.05) is 0 Å². The summed E-state index contributed by atoms with van der Waals surface area (Å²) in [5.74, 6) is -0.149. The summed E-state index contributed by atoms with van der Waals surface area (Å²) >= 11 is 0. The molecule has 1 heterocycles. The largest absolute Gasteiger partial charge is 0.372 e. The van der Waals surface area contributed by atoms with E-state index >= 15 is 0 Å². The molecule has 3 rings (SSSR count). The second kappa shape index (κ2) is 4.32. The maximum absolute atomic E-state index is 13.2. The fraction of sp³-hybridized carbons (Fsp3) is 0.357. The molecule has 0 bridgehead atoms. The number of nitrogens with zero attached hydrogens (tertiary/aromatic N) is 1. The zero-order valence-corrected chi connectivity index (χ0v) is 9.62. The molecule has 2 aliphatic rings. The monoisotopic (exact) mass is 230 g/mol. The molecule has 1 unspecified atom stereocenters. The highest BCUT2D eigenvalue weighted by Gasteiger charge is 2.16. The van der Waals surface area contributed by atoms with E-state index in [4.69, 9.17) is 0 Å². The average molecular weight is 230 g/mol. The lowest BCUT2D eigenvalue weighted by Gasteiger charge is -2.19. The molecule has 17 heavy (non-hydrogen) atoms. The summed E-state index contributed by atoms with van der Waals surface area (Å²) in [7, 11) is 0. The highest BCUT2D eigenvalue weighted by molar-refractivity contribution is 5.61. The number of aryl methyl sites for hydroxylation is 1. The molecule has 1 aliphatic heterocycles. The predicted octanol–water partition coefficient (Wildman–Crippen LogP) is 2.55. The summed E-state index contributed by atoms with van der Waals surface area (Å²) in [5, 5.41) is 3.23. The second-order valence-electron chi connectivity index (χ2n) is 4.71. The van der Waals surface area contributed by atoms with Gasteiger partial charge in [-0.05, 0) is 42.5 Å². The molecule has 0 aromatic heterocycles. The number of hydrogen-bond donors (Lipinski definition) is 1. The van der Waals surface area contributed by atoms with E-state index in [9.17, 15) is 4.39 Å². The van der Waals surface area contributed by atoms with Crippen molar-refractivity contribution in [3.8, 4) is 0 Å². The van der Waals surface area contributed by atoms with Gasteiger partial charge in [0.2, 0.25) is 0 Å². The molecule has 0 saturated carbocycles. The van der Waals surface area contributed by atoms with Crippen molar-refractivity contribution in [1.82, 2.24) is 5.32 Å². The summed E-state index contributed by atoms with van der Waals surface area (Å²) in [6.45, 7) is 0.855. The first-order chi connectivity index (χ1) is 8.31. The second-order valence-corrected chi connectivity index (χ2v) is 4.71. The van der Waals surface area contributed by atoms with Crippen LogP contribution in [0.4, 0.5) is 4.39 Å². The molecule has 3 heteroatoms. The van der Waals surface area contributed by atoms with Gasteiger partial charge in [0.15, 0.2) is 0 Å². The summed E-state index contributed by atoms with van der Waals surface area (Å²) in [6, 6.07) is 5.50. The van der Waals surface area contributed by atoms with Crippen molar-refractivity contribution in [3.63, 3.8) is 0 Å². The Balaban J connectivity index is 1.79. The van der Waals surface area contributed by atoms with Crippen LogP contribution in [0.5, 0.6) is 0 Å². The van der Waals surface area contributed by atoms with Crippen molar-refractivity contribution in [3.05, 3.63) is 40.7 Å². The molecule has 0 saturated heterocycles. The van der Waals surface area contributed by atoms with Crippen LogP contribution in [-0.4, -0.2) is 18.9 Å². The molecule has 0 radical (unpaired) electrons. The molecule has 1 aliphatic carbocycles. The maximum Gasteiger partial charge on any atom is 0.123 e. The smallest absolute Gasteiger partial charge is 0.123 e. The lowest BCUT2D eigenvalue weighted by atomic mass is 9.89. The van der Waals surface area contributed by atoms with Crippen molar-refractivity contribution in [2.24, 2.45) is 4.99 Å². The number of halogens is 1. The molecule has 2 nitrogen and oxygen atoms in total. The topological polar surface area (TPSA) is 24.4 Å². The van der Waals surface area contributed by atoms with Crippen LogP contribution in [0.15, 0.2) is 28.8 Å². The van der Waals surface area contributed by atoms with E-state index in [1.165, 1.54) is 11.1 Å². The third-order valence-corrected chi connectivity index (χ3v) is 3.42. The first-order valence-corrected chi connectivity index (χ1v) is 6.03. The van der Waals surface area contributed by atoms with Gasteiger partial charge in [0.1, 0.15) is 5.82 Å². The van der Waals surface area contributed by atoms with Crippen LogP contribution in [0, 0.1) is 5.82 Å². The standard InChI is InChI=1S/C14H15FN2/c15-13-4-3-11-2-1-10(5-12(11)7-13)6-14-8-16-9-17-14/h3-5,7,9,14H,1-2,6,8H2,(H,16,17). The molecule has 1 N–H and O–H groups in total. The normalized spacial score (nSPS) is 21.9. The highest BCUT2D eigenvalue weighted by atomic mass is 19.1. The lowest BCUT2D eigenvalue weighted by Crippen LogP contribution is -2.25. The number of benzene rings is 1. The minimum absolute atomic E-state index is 0.149. The SMILES string of the molecule is Fc1ccc2c(c1)C=C(CC1CN=CN1)CC2. The van der Waals surface area contributed by atoms with E-state index in [1.807, 2.05) is 6.07 Å². The van der Waals surface area contributed by atoms with Gasteiger partial charge in [-0.2, -0.15) is 0 Å². The van der Waals surface area contributed by atoms with E-state index < -0.39 is 0 Å². The molecule has 1 atom stereocenters. The van der Waals surface area contributed by atoms with Gasteiger partial charge in [-0.1, -0.05) is 17.7 Å². The van der Waals surface area contributed by atoms with Crippen LogP contribution in [0.3, 0.4) is 0 Å².